The van der Waals surface area contributed by atoms with Crippen molar-refractivity contribution in [1.82, 2.24) is 0 Å². The third-order valence-corrected chi connectivity index (χ3v) is 8.49. The van der Waals surface area contributed by atoms with E-state index >= 15 is 0 Å². The number of phosphoric acid groups is 1. The summed E-state index contributed by atoms with van der Waals surface area (Å²) < 4.78 is 26.3. The molecule has 0 saturated heterocycles. The van der Waals surface area contributed by atoms with Gasteiger partial charge in [-0.25, -0.2) is 4.57 Å². The van der Waals surface area contributed by atoms with Gasteiger partial charge in [0.25, 0.3) is 0 Å². The monoisotopic (exact) mass is 722 g/mol. The zero-order valence-corrected chi connectivity index (χ0v) is 32.4. The molecule has 288 valence electrons. The maximum atomic E-state index is 12.3. The Morgan fingerprint density at radius 3 is 1.46 bits per heavy atom. The van der Waals surface area contributed by atoms with E-state index in [-0.39, 0.29) is 19.4 Å². The number of allylic oxidation sites excluding steroid dienone is 10. The number of hydrogen-bond donors (Lipinski definition) is 2. The summed E-state index contributed by atoms with van der Waals surface area (Å²) in [6, 6.07) is 0. The van der Waals surface area contributed by atoms with Crippen molar-refractivity contribution >= 4 is 19.8 Å². The van der Waals surface area contributed by atoms with Gasteiger partial charge in [-0.1, -0.05) is 139 Å². The molecule has 0 aliphatic rings. The zero-order chi connectivity index (χ0) is 36.8. The van der Waals surface area contributed by atoms with Crippen molar-refractivity contribution in [3.63, 3.8) is 0 Å². The van der Waals surface area contributed by atoms with E-state index in [0.29, 0.717) is 19.3 Å². The molecule has 0 aromatic rings. The van der Waals surface area contributed by atoms with Crippen molar-refractivity contribution in [1.29, 1.82) is 0 Å². The van der Waals surface area contributed by atoms with Crippen LogP contribution in [0.15, 0.2) is 60.8 Å². The van der Waals surface area contributed by atoms with Crippen LogP contribution in [0.25, 0.3) is 0 Å². The van der Waals surface area contributed by atoms with E-state index in [1.165, 1.54) is 77.0 Å². The van der Waals surface area contributed by atoms with Gasteiger partial charge in [0.1, 0.15) is 6.61 Å². The summed E-state index contributed by atoms with van der Waals surface area (Å²) in [6.45, 7) is 3.58. The Morgan fingerprint density at radius 2 is 0.920 bits per heavy atom. The van der Waals surface area contributed by atoms with Gasteiger partial charge in [0, 0.05) is 12.8 Å². The lowest BCUT2D eigenvalue weighted by Crippen LogP contribution is -2.29. The van der Waals surface area contributed by atoms with Gasteiger partial charge in [-0.2, -0.15) is 0 Å². The molecule has 2 N–H and O–H groups in total. The highest BCUT2D eigenvalue weighted by atomic mass is 31.2. The molecule has 0 amide bonds. The van der Waals surface area contributed by atoms with E-state index in [4.69, 9.17) is 19.3 Å². The van der Waals surface area contributed by atoms with Crippen LogP contribution >= 0.6 is 7.82 Å². The number of rotatable bonds is 35. The predicted molar refractivity (Wildman–Crippen MR) is 207 cm³/mol. The first kappa shape index (κ1) is 47.8. The summed E-state index contributed by atoms with van der Waals surface area (Å²) in [4.78, 5) is 42.7. The van der Waals surface area contributed by atoms with Crippen molar-refractivity contribution in [3.8, 4) is 0 Å². The van der Waals surface area contributed by atoms with E-state index < -0.39 is 32.5 Å². The number of carbonyl (C=O) groups excluding carboxylic acids is 2. The Kier molecular flexibility index (Phi) is 34.9. The third kappa shape index (κ3) is 38.6. The fourth-order valence-corrected chi connectivity index (χ4v) is 5.42. The van der Waals surface area contributed by atoms with E-state index in [1.54, 1.807) is 0 Å². The molecule has 0 spiro atoms. The maximum Gasteiger partial charge on any atom is 0.469 e. The molecule has 9 heteroatoms. The van der Waals surface area contributed by atoms with Gasteiger partial charge in [-0.05, 0) is 77.0 Å². The number of ether oxygens (including phenoxy) is 2. The summed E-state index contributed by atoms with van der Waals surface area (Å²) in [5, 5.41) is 0. The fourth-order valence-electron chi connectivity index (χ4n) is 5.06. The lowest BCUT2D eigenvalue weighted by molar-refractivity contribution is -0.161. The second kappa shape index (κ2) is 36.5. The molecule has 0 saturated carbocycles. The Bertz CT molecular complexity index is 995. The third-order valence-electron chi connectivity index (χ3n) is 8.01. The van der Waals surface area contributed by atoms with Gasteiger partial charge in [0.05, 0.1) is 6.61 Å². The molecule has 1 atom stereocenters. The van der Waals surface area contributed by atoms with E-state index in [9.17, 15) is 14.2 Å². The number of hydrogen-bond acceptors (Lipinski definition) is 6. The molecule has 0 aromatic heterocycles. The van der Waals surface area contributed by atoms with Gasteiger partial charge < -0.3 is 19.3 Å². The van der Waals surface area contributed by atoms with E-state index in [1.807, 2.05) is 6.08 Å². The molecule has 0 aromatic carbocycles. The van der Waals surface area contributed by atoms with Gasteiger partial charge in [0.2, 0.25) is 0 Å². The smallest absolute Gasteiger partial charge is 0.462 e. The summed E-state index contributed by atoms with van der Waals surface area (Å²) in [6.07, 6.45) is 45.2. The lowest BCUT2D eigenvalue weighted by Gasteiger charge is -2.18. The Labute approximate surface area is 305 Å². The molecular formula is C41H71O8P. The summed E-state index contributed by atoms with van der Waals surface area (Å²) >= 11 is 0. The van der Waals surface area contributed by atoms with Crippen LogP contribution < -0.4 is 0 Å². The molecule has 0 unspecified atom stereocenters. The van der Waals surface area contributed by atoms with Gasteiger partial charge in [-0.3, -0.25) is 14.1 Å². The Morgan fingerprint density at radius 1 is 0.520 bits per heavy atom. The Balaban J connectivity index is 4.09. The standard InChI is InChI=1S/C41H71O8P/c1-3-5-7-9-11-13-15-17-19-20-22-24-26-28-30-32-34-36-41(43)49-39(38-48-50(44,45)46)37-47-40(42)35-33-31-29-27-25-23-21-18-16-14-12-10-8-6-4-2/h11,13,17,19,22-25,28,30,39H,3-10,12,14-16,18,20-21,26-27,29,31-38H2,1-2H3,(H2,44,45,46)/b13-11+,19-17+,24-22+,25-23+,30-28+/t39-/m1/s1. The minimum absolute atomic E-state index is 0.131. The molecule has 50 heavy (non-hydrogen) atoms. The van der Waals surface area contributed by atoms with Crippen LogP contribution in [0.3, 0.4) is 0 Å². The SMILES string of the molecule is CCCCC/C=C/C/C=C/C/C=C/C/C=C/CCCC(=O)O[C@H](COC(=O)CCCCC/C=C/CCCCCCCCCC)COP(=O)(O)O. The van der Waals surface area contributed by atoms with Crippen molar-refractivity contribution in [3.05, 3.63) is 60.8 Å². The lowest BCUT2D eigenvalue weighted by atomic mass is 10.1. The van der Waals surface area contributed by atoms with Crippen LogP contribution in [-0.4, -0.2) is 41.0 Å². The Hall–Kier alpha value is -2.25. The van der Waals surface area contributed by atoms with Gasteiger partial charge >= 0.3 is 19.8 Å². The molecule has 0 heterocycles. The number of esters is 2. The first-order valence-corrected chi connectivity index (χ1v) is 21.1. The average Bonchev–Trinajstić information content (AvgIpc) is 3.08. The van der Waals surface area contributed by atoms with Crippen molar-refractivity contribution < 1.29 is 37.9 Å². The minimum atomic E-state index is -4.77. The van der Waals surface area contributed by atoms with Crippen molar-refractivity contribution in [2.45, 2.75) is 174 Å². The van der Waals surface area contributed by atoms with Crippen molar-refractivity contribution in [2.24, 2.45) is 0 Å². The molecule has 0 radical (unpaired) electrons. The van der Waals surface area contributed by atoms with Crippen molar-refractivity contribution in [2.75, 3.05) is 13.2 Å². The maximum absolute atomic E-state index is 12.3. The molecular weight excluding hydrogens is 651 g/mol. The van der Waals surface area contributed by atoms with Gasteiger partial charge in [-0.15, -0.1) is 0 Å². The van der Waals surface area contributed by atoms with Crippen LogP contribution in [0.1, 0.15) is 168 Å². The molecule has 8 nitrogen and oxygen atoms in total. The number of phosphoric ester groups is 1. The number of carbonyl (C=O) groups is 2. The number of unbranched alkanes of at least 4 members (excludes halogenated alkanes) is 15. The average molecular weight is 723 g/mol. The second-order valence-electron chi connectivity index (χ2n) is 12.9. The predicted octanol–water partition coefficient (Wildman–Crippen LogP) is 11.7. The summed E-state index contributed by atoms with van der Waals surface area (Å²) in [7, 11) is -4.77. The van der Waals surface area contributed by atoms with Crippen LogP contribution in [0.2, 0.25) is 0 Å². The molecule has 0 fully saturated rings. The minimum Gasteiger partial charge on any atom is -0.462 e. The van der Waals surface area contributed by atoms with Crippen LogP contribution in [-0.2, 0) is 28.2 Å². The highest BCUT2D eigenvalue weighted by Crippen LogP contribution is 2.36. The highest BCUT2D eigenvalue weighted by Gasteiger charge is 2.22. The zero-order valence-electron chi connectivity index (χ0n) is 31.5. The molecule has 0 rings (SSSR count). The van der Waals surface area contributed by atoms with Crippen LogP contribution in [0.4, 0.5) is 0 Å². The first-order valence-electron chi connectivity index (χ1n) is 19.6. The van der Waals surface area contributed by atoms with Crippen LogP contribution in [0.5, 0.6) is 0 Å². The van der Waals surface area contributed by atoms with E-state index in [0.717, 1.165) is 44.9 Å². The normalized spacial score (nSPS) is 13.1. The fraction of sp³-hybridized carbons (Fsp3) is 0.707. The first-order chi connectivity index (χ1) is 24.3. The van der Waals surface area contributed by atoms with Gasteiger partial charge in [0.15, 0.2) is 6.10 Å². The largest absolute Gasteiger partial charge is 0.469 e. The molecule has 0 bridgehead atoms. The topological polar surface area (TPSA) is 119 Å². The van der Waals surface area contributed by atoms with E-state index in [2.05, 4.69) is 73.1 Å². The summed E-state index contributed by atoms with van der Waals surface area (Å²) in [5.74, 6) is -0.972. The second-order valence-corrected chi connectivity index (χ2v) is 14.1. The highest BCUT2D eigenvalue weighted by molar-refractivity contribution is 7.46. The van der Waals surface area contributed by atoms with Crippen LogP contribution in [0, 0.1) is 0 Å². The molecule has 0 aliphatic heterocycles. The molecule has 0 aliphatic carbocycles. The quantitative estimate of drug-likeness (QED) is 0.0287. The summed E-state index contributed by atoms with van der Waals surface area (Å²) in [5.41, 5.74) is 0.